The predicted molar refractivity (Wildman–Crippen MR) is 99.6 cm³/mol. The molecule has 1 aliphatic rings. The summed E-state index contributed by atoms with van der Waals surface area (Å²) in [5.74, 6) is 0. The highest BCUT2D eigenvalue weighted by Crippen LogP contribution is 2.30. The van der Waals surface area contributed by atoms with Crippen molar-refractivity contribution in [1.29, 1.82) is 0 Å². The van der Waals surface area contributed by atoms with E-state index in [1.165, 1.54) is 16.8 Å². The van der Waals surface area contributed by atoms with Crippen molar-refractivity contribution >= 4 is 17.8 Å². The molecule has 1 saturated heterocycles. The summed E-state index contributed by atoms with van der Waals surface area (Å²) >= 11 is 1.93. The highest BCUT2D eigenvalue weighted by atomic mass is 32.2. The number of carbonyl (C=O) groups is 1. The Morgan fingerprint density at radius 1 is 1.40 bits per heavy atom. The fourth-order valence-electron chi connectivity index (χ4n) is 3.01. The van der Waals surface area contributed by atoms with Gasteiger partial charge in [-0.3, -0.25) is 4.68 Å². The monoisotopic (exact) mass is 359 g/mol. The second kappa shape index (κ2) is 8.38. The molecular weight excluding hydrogens is 334 g/mol. The summed E-state index contributed by atoms with van der Waals surface area (Å²) in [4.78, 5) is 19.6. The topological polar surface area (TPSA) is 63.1 Å². The minimum atomic E-state index is 0.0200. The standard InChI is InChI=1S/C18H25N5OS/c1-14-4-3-5-17(10-14)25-16-6-8-22(9-7-16)18(24)21-15(2)11-23-13-19-12-20-23/h3-5,10,12-13,15-16H,6-9,11H2,1-2H3,(H,21,24). The van der Waals surface area contributed by atoms with E-state index in [2.05, 4.69) is 46.6 Å². The summed E-state index contributed by atoms with van der Waals surface area (Å²) in [7, 11) is 0. The summed E-state index contributed by atoms with van der Waals surface area (Å²) in [6.07, 6.45) is 5.23. The average molecular weight is 359 g/mol. The van der Waals surface area contributed by atoms with Crippen LogP contribution in [0.25, 0.3) is 0 Å². The zero-order valence-electron chi connectivity index (χ0n) is 14.8. The Morgan fingerprint density at radius 2 is 2.20 bits per heavy atom. The van der Waals surface area contributed by atoms with Crippen LogP contribution in [0.4, 0.5) is 4.79 Å². The summed E-state index contributed by atoms with van der Waals surface area (Å²) in [5.41, 5.74) is 1.29. The number of piperidine rings is 1. The lowest BCUT2D eigenvalue weighted by Crippen LogP contribution is -2.48. The summed E-state index contributed by atoms with van der Waals surface area (Å²) < 4.78 is 1.73. The summed E-state index contributed by atoms with van der Waals surface area (Å²) in [6, 6.07) is 8.67. The second-order valence-electron chi connectivity index (χ2n) is 6.59. The number of urea groups is 1. The maximum absolute atomic E-state index is 12.4. The molecule has 0 aliphatic carbocycles. The van der Waals surface area contributed by atoms with Gasteiger partial charge in [-0.15, -0.1) is 11.8 Å². The Kier molecular flexibility index (Phi) is 5.96. The number of amides is 2. The number of hydrogen-bond acceptors (Lipinski definition) is 4. The van der Waals surface area contributed by atoms with Crippen LogP contribution in [0.1, 0.15) is 25.3 Å². The molecule has 3 rings (SSSR count). The van der Waals surface area contributed by atoms with E-state index in [4.69, 9.17) is 0 Å². The number of nitrogens with zero attached hydrogens (tertiary/aromatic N) is 4. The normalized spacial score (nSPS) is 16.6. The number of carbonyl (C=O) groups excluding carboxylic acids is 1. The lowest BCUT2D eigenvalue weighted by molar-refractivity contribution is 0.183. The molecule has 1 aromatic carbocycles. The van der Waals surface area contributed by atoms with Crippen molar-refractivity contribution in [1.82, 2.24) is 25.0 Å². The van der Waals surface area contributed by atoms with Crippen LogP contribution in [0.2, 0.25) is 0 Å². The van der Waals surface area contributed by atoms with Gasteiger partial charge in [0.2, 0.25) is 0 Å². The zero-order valence-corrected chi connectivity index (χ0v) is 15.6. The number of rotatable bonds is 5. The third kappa shape index (κ3) is 5.22. The van der Waals surface area contributed by atoms with Gasteiger partial charge in [-0.05, 0) is 38.8 Å². The Balaban J connectivity index is 1.42. The average Bonchev–Trinajstić information content (AvgIpc) is 3.08. The molecule has 25 heavy (non-hydrogen) atoms. The smallest absolute Gasteiger partial charge is 0.317 e. The molecule has 6 nitrogen and oxygen atoms in total. The predicted octanol–water partition coefficient (Wildman–Crippen LogP) is 2.94. The highest BCUT2D eigenvalue weighted by Gasteiger charge is 2.24. The highest BCUT2D eigenvalue weighted by molar-refractivity contribution is 8.00. The molecular formula is C18H25N5OS. The molecule has 0 saturated carbocycles. The summed E-state index contributed by atoms with van der Waals surface area (Å²) in [6.45, 7) is 6.36. The minimum Gasteiger partial charge on any atom is -0.334 e. The van der Waals surface area contributed by atoms with Gasteiger partial charge in [-0.25, -0.2) is 9.78 Å². The Hall–Kier alpha value is -2.02. The number of benzene rings is 1. The van der Waals surface area contributed by atoms with Gasteiger partial charge >= 0.3 is 6.03 Å². The third-order valence-electron chi connectivity index (χ3n) is 4.32. The number of likely N-dealkylation sites (tertiary alicyclic amines) is 1. The van der Waals surface area contributed by atoms with E-state index in [0.717, 1.165) is 25.9 Å². The Labute approximate surface area is 153 Å². The number of hydrogen-bond donors (Lipinski definition) is 1. The molecule has 0 spiro atoms. The van der Waals surface area contributed by atoms with Gasteiger partial charge in [-0.1, -0.05) is 17.7 Å². The second-order valence-corrected chi connectivity index (χ2v) is 7.96. The first-order chi connectivity index (χ1) is 12.1. The molecule has 134 valence electrons. The van der Waals surface area contributed by atoms with E-state index in [1.807, 2.05) is 23.6 Å². The molecule has 1 fully saturated rings. The summed E-state index contributed by atoms with van der Waals surface area (Å²) in [5, 5.41) is 7.70. The molecule has 1 N–H and O–H groups in total. The van der Waals surface area contributed by atoms with Crippen molar-refractivity contribution in [3.8, 4) is 0 Å². The van der Waals surface area contributed by atoms with Gasteiger partial charge in [0.15, 0.2) is 0 Å². The lowest BCUT2D eigenvalue weighted by atomic mass is 10.1. The van der Waals surface area contributed by atoms with Crippen molar-refractivity contribution in [3.63, 3.8) is 0 Å². The maximum atomic E-state index is 12.4. The van der Waals surface area contributed by atoms with E-state index in [1.54, 1.807) is 11.0 Å². The minimum absolute atomic E-state index is 0.0200. The van der Waals surface area contributed by atoms with E-state index in [-0.39, 0.29) is 12.1 Å². The van der Waals surface area contributed by atoms with E-state index in [9.17, 15) is 4.79 Å². The third-order valence-corrected chi connectivity index (χ3v) is 5.65. The van der Waals surface area contributed by atoms with Crippen LogP contribution >= 0.6 is 11.8 Å². The quantitative estimate of drug-likeness (QED) is 0.891. The molecule has 2 amide bonds. The molecule has 1 aromatic heterocycles. The van der Waals surface area contributed by atoms with Crippen molar-refractivity contribution in [3.05, 3.63) is 42.5 Å². The van der Waals surface area contributed by atoms with Crippen LogP contribution in [-0.4, -0.2) is 50.1 Å². The first-order valence-corrected chi connectivity index (χ1v) is 9.59. The molecule has 1 atom stereocenters. The van der Waals surface area contributed by atoms with Crippen molar-refractivity contribution in [2.75, 3.05) is 13.1 Å². The Morgan fingerprint density at radius 3 is 2.88 bits per heavy atom. The van der Waals surface area contributed by atoms with Crippen LogP contribution in [0.5, 0.6) is 0 Å². The number of thioether (sulfide) groups is 1. The number of aryl methyl sites for hydroxylation is 1. The fraction of sp³-hybridized carbons (Fsp3) is 0.500. The van der Waals surface area contributed by atoms with Gasteiger partial charge in [0, 0.05) is 29.3 Å². The molecule has 0 radical (unpaired) electrons. The Bertz CT molecular complexity index is 683. The first-order valence-electron chi connectivity index (χ1n) is 8.71. The van der Waals surface area contributed by atoms with Crippen molar-refractivity contribution < 1.29 is 4.79 Å². The van der Waals surface area contributed by atoms with Crippen LogP contribution in [0, 0.1) is 6.92 Å². The van der Waals surface area contributed by atoms with Gasteiger partial charge in [0.25, 0.3) is 0 Å². The molecule has 7 heteroatoms. The van der Waals surface area contributed by atoms with Gasteiger partial charge < -0.3 is 10.2 Å². The molecule has 2 heterocycles. The van der Waals surface area contributed by atoms with Crippen LogP contribution < -0.4 is 5.32 Å². The van der Waals surface area contributed by atoms with Gasteiger partial charge in [0.05, 0.1) is 6.54 Å². The lowest BCUT2D eigenvalue weighted by Gasteiger charge is -2.32. The molecule has 0 bridgehead atoms. The van der Waals surface area contributed by atoms with Gasteiger partial charge in [-0.2, -0.15) is 5.10 Å². The number of nitrogens with one attached hydrogen (secondary N) is 1. The molecule has 1 unspecified atom stereocenters. The fourth-order valence-corrected chi connectivity index (χ4v) is 4.26. The van der Waals surface area contributed by atoms with E-state index < -0.39 is 0 Å². The SMILES string of the molecule is Cc1cccc(SC2CCN(C(=O)NC(C)Cn3cncn3)CC2)c1. The van der Waals surface area contributed by atoms with E-state index in [0.29, 0.717) is 11.8 Å². The van der Waals surface area contributed by atoms with Crippen LogP contribution in [-0.2, 0) is 6.54 Å². The van der Waals surface area contributed by atoms with Crippen LogP contribution in [0.3, 0.4) is 0 Å². The largest absolute Gasteiger partial charge is 0.334 e. The van der Waals surface area contributed by atoms with E-state index >= 15 is 0 Å². The van der Waals surface area contributed by atoms with Crippen molar-refractivity contribution in [2.45, 2.75) is 49.4 Å². The van der Waals surface area contributed by atoms with Gasteiger partial charge in [0.1, 0.15) is 12.7 Å². The molecule has 2 aromatic rings. The maximum Gasteiger partial charge on any atom is 0.317 e. The van der Waals surface area contributed by atoms with Crippen LogP contribution in [0.15, 0.2) is 41.8 Å². The first kappa shape index (κ1) is 17.8. The molecule has 1 aliphatic heterocycles. The number of aromatic nitrogens is 3. The zero-order chi connectivity index (χ0) is 17.6. The van der Waals surface area contributed by atoms with Crippen molar-refractivity contribution in [2.24, 2.45) is 0 Å².